The minimum atomic E-state index is 0.314. The molecule has 4 nitrogen and oxygen atoms in total. The third kappa shape index (κ3) is 3.14. The molecule has 0 bridgehead atoms. The predicted molar refractivity (Wildman–Crippen MR) is 70.2 cm³/mol. The maximum Gasteiger partial charge on any atom is 0.110 e. The fraction of sp³-hybridized carbons (Fsp3) is 0.500. The molecule has 92 valence electrons. The number of nitrogens with one attached hydrogen (secondary N) is 1. The molecule has 2 heterocycles. The van der Waals surface area contributed by atoms with E-state index in [0.717, 1.165) is 29.5 Å². The van der Waals surface area contributed by atoms with Crippen LogP contribution in [-0.4, -0.2) is 21.1 Å². The summed E-state index contributed by atoms with van der Waals surface area (Å²) in [5.74, 6) is 1.11. The minimum absolute atomic E-state index is 0.314. The SMILES string of the molecule is Cc1csc(C(C)NCCc2nccn2C)n1. The zero-order valence-electron chi connectivity index (χ0n) is 10.5. The Balaban J connectivity index is 1.81. The van der Waals surface area contributed by atoms with Gasteiger partial charge in [-0.25, -0.2) is 9.97 Å². The molecule has 0 aliphatic rings. The average molecular weight is 250 g/mol. The van der Waals surface area contributed by atoms with E-state index in [1.807, 2.05) is 26.4 Å². The highest BCUT2D eigenvalue weighted by atomic mass is 32.1. The predicted octanol–water partition coefficient (Wildman–Crippen LogP) is 2.08. The molecule has 0 spiro atoms. The largest absolute Gasteiger partial charge is 0.338 e. The van der Waals surface area contributed by atoms with Crippen LogP contribution in [0, 0.1) is 6.92 Å². The zero-order chi connectivity index (χ0) is 12.3. The molecule has 2 rings (SSSR count). The van der Waals surface area contributed by atoms with E-state index in [2.05, 4.69) is 32.2 Å². The maximum absolute atomic E-state index is 4.48. The van der Waals surface area contributed by atoms with Gasteiger partial charge in [-0.3, -0.25) is 0 Å². The van der Waals surface area contributed by atoms with Gasteiger partial charge in [0.15, 0.2) is 0 Å². The van der Waals surface area contributed by atoms with Crippen molar-refractivity contribution in [1.29, 1.82) is 0 Å². The molecule has 0 saturated heterocycles. The first-order valence-electron chi connectivity index (χ1n) is 5.78. The van der Waals surface area contributed by atoms with Crippen molar-refractivity contribution in [3.05, 3.63) is 34.3 Å². The van der Waals surface area contributed by atoms with Crippen LogP contribution in [0.5, 0.6) is 0 Å². The highest BCUT2D eigenvalue weighted by molar-refractivity contribution is 7.09. The summed E-state index contributed by atoms with van der Waals surface area (Å²) >= 11 is 1.71. The third-order valence-electron chi connectivity index (χ3n) is 2.73. The van der Waals surface area contributed by atoms with Crippen molar-refractivity contribution in [2.75, 3.05) is 6.54 Å². The van der Waals surface area contributed by atoms with Gasteiger partial charge in [-0.2, -0.15) is 0 Å². The lowest BCUT2D eigenvalue weighted by molar-refractivity contribution is 0.562. The number of hydrogen-bond donors (Lipinski definition) is 1. The summed E-state index contributed by atoms with van der Waals surface area (Å²) in [6.07, 6.45) is 4.75. The summed E-state index contributed by atoms with van der Waals surface area (Å²) in [7, 11) is 2.02. The van der Waals surface area contributed by atoms with Crippen molar-refractivity contribution in [2.24, 2.45) is 7.05 Å². The average Bonchev–Trinajstić information content (AvgIpc) is 2.88. The maximum atomic E-state index is 4.48. The summed E-state index contributed by atoms with van der Waals surface area (Å²) < 4.78 is 2.06. The zero-order valence-corrected chi connectivity index (χ0v) is 11.3. The number of nitrogens with zero attached hydrogens (tertiary/aromatic N) is 3. The van der Waals surface area contributed by atoms with Crippen LogP contribution in [0.3, 0.4) is 0 Å². The molecule has 0 aromatic carbocycles. The van der Waals surface area contributed by atoms with Crippen LogP contribution in [0.2, 0.25) is 0 Å². The van der Waals surface area contributed by atoms with E-state index in [-0.39, 0.29) is 0 Å². The van der Waals surface area contributed by atoms with Gasteiger partial charge in [-0.1, -0.05) is 0 Å². The van der Waals surface area contributed by atoms with E-state index in [9.17, 15) is 0 Å². The number of aromatic nitrogens is 3. The Morgan fingerprint density at radius 1 is 1.53 bits per heavy atom. The van der Waals surface area contributed by atoms with Crippen molar-refractivity contribution in [3.8, 4) is 0 Å². The molecule has 1 atom stereocenters. The Hall–Kier alpha value is -1.20. The lowest BCUT2D eigenvalue weighted by Gasteiger charge is -2.10. The summed E-state index contributed by atoms with van der Waals surface area (Å²) in [5, 5.41) is 6.72. The van der Waals surface area contributed by atoms with Gasteiger partial charge in [0.25, 0.3) is 0 Å². The number of rotatable bonds is 5. The van der Waals surface area contributed by atoms with Crippen molar-refractivity contribution >= 4 is 11.3 Å². The van der Waals surface area contributed by atoms with E-state index in [4.69, 9.17) is 0 Å². The summed E-state index contributed by atoms with van der Waals surface area (Å²) in [6, 6.07) is 0.314. The normalized spacial score (nSPS) is 12.9. The molecule has 5 heteroatoms. The fourth-order valence-corrected chi connectivity index (χ4v) is 2.52. The van der Waals surface area contributed by atoms with Crippen molar-refractivity contribution in [2.45, 2.75) is 26.3 Å². The van der Waals surface area contributed by atoms with Gasteiger partial charge in [0.2, 0.25) is 0 Å². The van der Waals surface area contributed by atoms with Crippen LogP contribution in [0.15, 0.2) is 17.8 Å². The highest BCUT2D eigenvalue weighted by Crippen LogP contribution is 2.17. The second-order valence-electron chi connectivity index (χ2n) is 4.21. The lowest BCUT2D eigenvalue weighted by atomic mass is 10.3. The van der Waals surface area contributed by atoms with Gasteiger partial charge in [0.1, 0.15) is 10.8 Å². The molecule has 17 heavy (non-hydrogen) atoms. The standard InChI is InChI=1S/C12H18N4S/c1-9-8-17-12(15-9)10(2)13-5-4-11-14-6-7-16(11)3/h6-8,10,13H,4-5H2,1-3H3. The van der Waals surface area contributed by atoms with Crippen molar-refractivity contribution in [3.63, 3.8) is 0 Å². The molecule has 2 aromatic rings. The smallest absolute Gasteiger partial charge is 0.110 e. The van der Waals surface area contributed by atoms with E-state index >= 15 is 0 Å². The molecular weight excluding hydrogens is 232 g/mol. The number of imidazole rings is 1. The highest BCUT2D eigenvalue weighted by Gasteiger charge is 2.08. The third-order valence-corrected chi connectivity index (χ3v) is 3.87. The quantitative estimate of drug-likeness (QED) is 0.883. The van der Waals surface area contributed by atoms with Crippen molar-refractivity contribution < 1.29 is 0 Å². The molecule has 1 unspecified atom stereocenters. The van der Waals surface area contributed by atoms with Crippen LogP contribution in [0.4, 0.5) is 0 Å². The molecule has 0 aliphatic heterocycles. The van der Waals surface area contributed by atoms with E-state index in [1.165, 1.54) is 0 Å². The summed E-state index contributed by atoms with van der Waals surface area (Å²) in [6.45, 7) is 5.10. The lowest BCUT2D eigenvalue weighted by Crippen LogP contribution is -2.22. The molecule has 0 aliphatic carbocycles. The van der Waals surface area contributed by atoms with Gasteiger partial charge < -0.3 is 9.88 Å². The van der Waals surface area contributed by atoms with E-state index < -0.39 is 0 Å². The second-order valence-corrected chi connectivity index (χ2v) is 5.10. The Bertz CT molecular complexity index is 474. The molecule has 0 amide bonds. The van der Waals surface area contributed by atoms with E-state index in [1.54, 1.807) is 11.3 Å². The monoisotopic (exact) mass is 250 g/mol. The molecular formula is C12H18N4S. The number of hydrogen-bond acceptors (Lipinski definition) is 4. The van der Waals surface area contributed by atoms with Gasteiger partial charge >= 0.3 is 0 Å². The second kappa shape index (κ2) is 5.42. The van der Waals surface area contributed by atoms with Crippen LogP contribution < -0.4 is 5.32 Å². The first-order chi connectivity index (χ1) is 8.16. The Kier molecular flexibility index (Phi) is 3.91. The van der Waals surface area contributed by atoms with Crippen LogP contribution in [0.25, 0.3) is 0 Å². The molecule has 1 N–H and O–H groups in total. The van der Waals surface area contributed by atoms with Gasteiger partial charge in [0.05, 0.1) is 6.04 Å². The molecule has 0 radical (unpaired) electrons. The molecule has 0 fully saturated rings. The first-order valence-corrected chi connectivity index (χ1v) is 6.66. The fourth-order valence-electron chi connectivity index (χ4n) is 1.70. The van der Waals surface area contributed by atoms with Gasteiger partial charge in [-0.05, 0) is 13.8 Å². The van der Waals surface area contributed by atoms with Crippen LogP contribution in [0.1, 0.15) is 29.5 Å². The molecule has 2 aromatic heterocycles. The van der Waals surface area contributed by atoms with Crippen LogP contribution >= 0.6 is 11.3 Å². The first kappa shape index (κ1) is 12.3. The Labute approximate surface area is 106 Å². The van der Waals surface area contributed by atoms with Gasteiger partial charge in [0, 0.05) is 43.5 Å². The van der Waals surface area contributed by atoms with Crippen LogP contribution in [-0.2, 0) is 13.5 Å². The Morgan fingerprint density at radius 3 is 2.94 bits per heavy atom. The van der Waals surface area contributed by atoms with Crippen molar-refractivity contribution in [1.82, 2.24) is 19.9 Å². The summed E-state index contributed by atoms with van der Waals surface area (Å²) in [4.78, 5) is 8.78. The van der Waals surface area contributed by atoms with Gasteiger partial charge in [-0.15, -0.1) is 11.3 Å². The number of aryl methyl sites for hydroxylation is 2. The number of thiazole rings is 1. The topological polar surface area (TPSA) is 42.7 Å². The minimum Gasteiger partial charge on any atom is -0.338 e. The molecule has 0 saturated carbocycles. The summed E-state index contributed by atoms with van der Waals surface area (Å²) in [5.41, 5.74) is 1.10. The van der Waals surface area contributed by atoms with E-state index in [0.29, 0.717) is 6.04 Å². The Morgan fingerprint density at radius 2 is 2.35 bits per heavy atom.